The molecule has 1 aromatic heterocycles. The summed E-state index contributed by atoms with van der Waals surface area (Å²) in [5.41, 5.74) is 1.47. The quantitative estimate of drug-likeness (QED) is 0.888. The number of nitrogens with one attached hydrogen (secondary N) is 2. The van der Waals surface area contributed by atoms with Gasteiger partial charge in [0.25, 0.3) is 0 Å². The summed E-state index contributed by atoms with van der Waals surface area (Å²) < 4.78 is 1.16. The Labute approximate surface area is 122 Å². The van der Waals surface area contributed by atoms with Gasteiger partial charge in [-0.1, -0.05) is 28.1 Å². The molecule has 0 amide bonds. The summed E-state index contributed by atoms with van der Waals surface area (Å²) in [6, 6.07) is 9.39. The second-order valence-corrected chi connectivity index (χ2v) is 6.07. The van der Waals surface area contributed by atoms with E-state index in [2.05, 4.69) is 55.5 Å². The monoisotopic (exact) mass is 319 g/mol. The van der Waals surface area contributed by atoms with Crippen LogP contribution in [0.3, 0.4) is 0 Å². The summed E-state index contributed by atoms with van der Waals surface area (Å²) in [4.78, 5) is 7.36. The first-order valence-electron chi connectivity index (χ1n) is 6.78. The second kappa shape index (κ2) is 5.88. The maximum Gasteiger partial charge on any atom is 0.107 e. The van der Waals surface area contributed by atoms with Crippen molar-refractivity contribution in [3.8, 4) is 0 Å². The molecule has 1 heterocycles. The second-order valence-electron chi connectivity index (χ2n) is 5.16. The molecule has 1 aromatic carbocycles. The molecule has 2 N–H and O–H groups in total. The van der Waals surface area contributed by atoms with E-state index in [1.54, 1.807) is 0 Å². The molecule has 0 atom stereocenters. The zero-order valence-corrected chi connectivity index (χ0v) is 12.4. The molecule has 0 saturated heterocycles. The van der Waals surface area contributed by atoms with Crippen molar-refractivity contribution in [3.63, 3.8) is 0 Å². The molecule has 3 nitrogen and oxygen atoms in total. The van der Waals surface area contributed by atoms with Crippen molar-refractivity contribution in [2.45, 2.75) is 31.2 Å². The third-order valence-corrected chi connectivity index (χ3v) is 4.36. The molecular formula is C15H18BrN3. The molecule has 0 bridgehead atoms. The van der Waals surface area contributed by atoms with Crippen LogP contribution in [-0.2, 0) is 6.42 Å². The maximum atomic E-state index is 4.23. The number of rotatable bonds is 5. The lowest BCUT2D eigenvalue weighted by Crippen LogP contribution is -2.41. The molecule has 0 unspecified atom stereocenters. The van der Waals surface area contributed by atoms with Crippen molar-refractivity contribution in [1.82, 2.24) is 15.3 Å². The van der Waals surface area contributed by atoms with Gasteiger partial charge in [-0.15, -0.1) is 0 Å². The molecule has 2 aromatic rings. The van der Waals surface area contributed by atoms with Crippen LogP contribution in [0.1, 0.15) is 30.1 Å². The number of aromatic amines is 1. The van der Waals surface area contributed by atoms with Crippen LogP contribution in [0.2, 0.25) is 0 Å². The number of hydrogen-bond acceptors (Lipinski definition) is 2. The van der Waals surface area contributed by atoms with Gasteiger partial charge in [0.15, 0.2) is 0 Å². The predicted molar refractivity (Wildman–Crippen MR) is 80.2 cm³/mol. The van der Waals surface area contributed by atoms with Crippen molar-refractivity contribution in [2.75, 3.05) is 6.54 Å². The average Bonchev–Trinajstić information content (AvgIpc) is 2.87. The molecule has 1 aliphatic carbocycles. The number of benzene rings is 1. The van der Waals surface area contributed by atoms with E-state index in [1.807, 2.05) is 12.4 Å². The molecule has 1 saturated carbocycles. The summed E-state index contributed by atoms with van der Waals surface area (Å²) in [6.45, 7) is 1.01. The molecule has 0 radical (unpaired) electrons. The Morgan fingerprint density at radius 2 is 2.05 bits per heavy atom. The van der Waals surface area contributed by atoms with Crippen molar-refractivity contribution < 1.29 is 0 Å². The van der Waals surface area contributed by atoms with Gasteiger partial charge in [0.05, 0.1) is 0 Å². The molecule has 0 aliphatic heterocycles. The van der Waals surface area contributed by atoms with Crippen LogP contribution in [0, 0.1) is 0 Å². The fourth-order valence-electron chi connectivity index (χ4n) is 2.62. The maximum absolute atomic E-state index is 4.23. The zero-order chi connectivity index (χ0) is 13.1. The highest BCUT2D eigenvalue weighted by Crippen LogP contribution is 2.37. The lowest BCUT2D eigenvalue weighted by molar-refractivity contribution is 0.292. The van der Waals surface area contributed by atoms with E-state index in [0.717, 1.165) is 29.2 Å². The van der Waals surface area contributed by atoms with Crippen LogP contribution in [0.25, 0.3) is 0 Å². The van der Waals surface area contributed by atoms with Crippen molar-refractivity contribution in [1.29, 1.82) is 0 Å². The number of H-pyrrole nitrogens is 1. The van der Waals surface area contributed by atoms with E-state index in [9.17, 15) is 0 Å². The molecule has 1 aliphatic rings. The number of nitrogens with zero attached hydrogens (tertiary/aromatic N) is 1. The summed E-state index contributed by atoms with van der Waals surface area (Å²) in [5, 5.41) is 3.60. The fourth-order valence-corrected chi connectivity index (χ4v) is 2.89. The SMILES string of the molecule is Brc1ccc(C2CC(NCCc3ncc[nH]3)C2)cc1. The van der Waals surface area contributed by atoms with E-state index < -0.39 is 0 Å². The van der Waals surface area contributed by atoms with Gasteiger partial charge in [0.2, 0.25) is 0 Å². The van der Waals surface area contributed by atoms with Gasteiger partial charge in [0, 0.05) is 35.9 Å². The van der Waals surface area contributed by atoms with Crippen LogP contribution in [0.5, 0.6) is 0 Å². The van der Waals surface area contributed by atoms with Crippen molar-refractivity contribution in [2.24, 2.45) is 0 Å². The van der Waals surface area contributed by atoms with Gasteiger partial charge in [-0.3, -0.25) is 0 Å². The Morgan fingerprint density at radius 3 is 2.74 bits per heavy atom. The van der Waals surface area contributed by atoms with Crippen LogP contribution in [0.4, 0.5) is 0 Å². The number of halogens is 1. The average molecular weight is 320 g/mol. The normalized spacial score (nSPS) is 22.2. The van der Waals surface area contributed by atoms with Gasteiger partial charge in [0.1, 0.15) is 5.82 Å². The highest BCUT2D eigenvalue weighted by atomic mass is 79.9. The highest BCUT2D eigenvalue weighted by molar-refractivity contribution is 9.10. The molecule has 1 fully saturated rings. The van der Waals surface area contributed by atoms with Gasteiger partial charge in [-0.2, -0.15) is 0 Å². The lowest BCUT2D eigenvalue weighted by atomic mass is 9.76. The Kier molecular flexibility index (Phi) is 3.99. The molecule has 3 rings (SSSR count). The molecule has 100 valence electrons. The minimum Gasteiger partial charge on any atom is -0.349 e. The van der Waals surface area contributed by atoms with Crippen LogP contribution >= 0.6 is 15.9 Å². The third-order valence-electron chi connectivity index (χ3n) is 3.83. The van der Waals surface area contributed by atoms with E-state index >= 15 is 0 Å². The molecule has 19 heavy (non-hydrogen) atoms. The largest absolute Gasteiger partial charge is 0.349 e. The summed E-state index contributed by atoms with van der Waals surface area (Å²) in [6.07, 6.45) is 7.16. The van der Waals surface area contributed by atoms with Crippen LogP contribution in [-0.4, -0.2) is 22.6 Å². The van der Waals surface area contributed by atoms with E-state index in [-0.39, 0.29) is 0 Å². The Bertz CT molecular complexity index is 501. The standard InChI is InChI=1S/C15H18BrN3/c16-13-3-1-11(2-4-13)12-9-14(10-12)17-6-5-15-18-7-8-19-15/h1-4,7-8,12,14,17H,5-6,9-10H2,(H,18,19). The third kappa shape index (κ3) is 3.25. The molecule has 0 spiro atoms. The first-order chi connectivity index (χ1) is 9.31. The summed E-state index contributed by atoms with van der Waals surface area (Å²) in [7, 11) is 0. The van der Waals surface area contributed by atoms with Gasteiger partial charge >= 0.3 is 0 Å². The van der Waals surface area contributed by atoms with Crippen LogP contribution < -0.4 is 5.32 Å². The predicted octanol–water partition coefficient (Wildman–Crippen LogP) is 3.25. The molecule has 4 heteroatoms. The van der Waals surface area contributed by atoms with E-state index in [4.69, 9.17) is 0 Å². The first-order valence-corrected chi connectivity index (χ1v) is 7.57. The minimum absolute atomic E-state index is 0.670. The van der Waals surface area contributed by atoms with Gasteiger partial charge in [-0.25, -0.2) is 4.98 Å². The minimum atomic E-state index is 0.670. The Hall–Kier alpha value is -1.13. The number of aromatic nitrogens is 2. The Morgan fingerprint density at radius 1 is 1.26 bits per heavy atom. The van der Waals surface area contributed by atoms with Crippen molar-refractivity contribution >= 4 is 15.9 Å². The summed E-state index contributed by atoms with van der Waals surface area (Å²) in [5.74, 6) is 1.80. The van der Waals surface area contributed by atoms with Crippen LogP contribution in [0.15, 0.2) is 41.1 Å². The van der Waals surface area contributed by atoms with E-state index in [1.165, 1.54) is 18.4 Å². The van der Waals surface area contributed by atoms with Gasteiger partial charge in [-0.05, 0) is 36.5 Å². The number of hydrogen-bond donors (Lipinski definition) is 2. The first kappa shape index (κ1) is 12.9. The summed E-state index contributed by atoms with van der Waals surface area (Å²) >= 11 is 3.48. The van der Waals surface area contributed by atoms with Gasteiger partial charge < -0.3 is 10.3 Å². The Balaban J connectivity index is 1.39. The fraction of sp³-hybridized carbons (Fsp3) is 0.400. The van der Waals surface area contributed by atoms with Crippen molar-refractivity contribution in [3.05, 3.63) is 52.5 Å². The number of imidazole rings is 1. The molecular weight excluding hydrogens is 302 g/mol. The van der Waals surface area contributed by atoms with E-state index in [0.29, 0.717) is 6.04 Å². The highest BCUT2D eigenvalue weighted by Gasteiger charge is 2.29. The zero-order valence-electron chi connectivity index (χ0n) is 10.8. The smallest absolute Gasteiger partial charge is 0.107 e. The lowest BCUT2D eigenvalue weighted by Gasteiger charge is -2.36. The topological polar surface area (TPSA) is 40.7 Å².